The Kier molecular flexibility index (Phi) is 229. The van der Waals surface area contributed by atoms with Crippen molar-refractivity contribution in [3.63, 3.8) is 0 Å². The topological polar surface area (TPSA) is 71.4 Å². The zero-order valence-electron chi connectivity index (χ0n) is 6.17. The maximum Gasteiger partial charge on any atom is 0.0587 e. The molecule has 10 heavy (non-hydrogen) atoms. The minimum atomic E-state index is 0. The van der Waals surface area contributed by atoms with Crippen LogP contribution >= 0.6 is 0 Å². The summed E-state index contributed by atoms with van der Waals surface area (Å²) in [7, 11) is 0. The summed E-state index contributed by atoms with van der Waals surface area (Å²) < 4.78 is 0. The van der Waals surface area contributed by atoms with Gasteiger partial charge in [0.15, 0.2) is 0 Å². The molecule has 0 saturated heterocycles. The van der Waals surface area contributed by atoms with E-state index < -0.39 is 0 Å². The van der Waals surface area contributed by atoms with Crippen LogP contribution in [0.5, 0.6) is 0 Å². The molecule has 0 bridgehead atoms. The number of hydrogen-bond acceptors (Lipinski definition) is 3. The Balaban J connectivity index is -0.0000000257. The van der Waals surface area contributed by atoms with Crippen LogP contribution in [-0.2, 0) is 16.8 Å². The van der Waals surface area contributed by atoms with Gasteiger partial charge in [0, 0.05) is 37.6 Å². The Bertz CT molecular complexity index is 106. The molecule has 0 aliphatic rings. The van der Waals surface area contributed by atoms with Crippen molar-refractivity contribution in [1.82, 2.24) is 0 Å². The van der Waals surface area contributed by atoms with E-state index >= 15 is 0 Å². The van der Waals surface area contributed by atoms with Crippen LogP contribution in [0.3, 0.4) is 0 Å². The molecule has 0 atom stereocenters. The zero-order valence-corrected chi connectivity index (χ0v) is 7.22. The molecule has 1 radical (unpaired) electrons. The second-order valence-corrected chi connectivity index (χ2v) is 0.671. The second-order valence-electron chi connectivity index (χ2n) is 0.671. The second kappa shape index (κ2) is 99.4. The van der Waals surface area contributed by atoms with Crippen LogP contribution in [0.4, 0.5) is 0 Å². The van der Waals surface area contributed by atoms with Gasteiger partial charge in [-0.2, -0.15) is 15.8 Å². The summed E-state index contributed by atoms with van der Waals surface area (Å²) in [6.45, 7) is 4.29. The summed E-state index contributed by atoms with van der Waals surface area (Å²) in [6, 6.07) is 5.25. The fourth-order valence-electron chi connectivity index (χ4n) is 0. The Hall–Kier alpha value is -1.02. The monoisotopic (exact) mass is 182 g/mol. The quantitative estimate of drug-likeness (QED) is 0.570. The van der Waals surface area contributed by atoms with Crippen molar-refractivity contribution in [2.24, 2.45) is 0 Å². The van der Waals surface area contributed by atoms with Gasteiger partial charge in [0.05, 0.1) is 18.2 Å². The summed E-state index contributed by atoms with van der Waals surface area (Å²) in [6.07, 6.45) is 0. The smallest absolute Gasteiger partial charge is 0.0587 e. The molecule has 0 aliphatic carbocycles. The van der Waals surface area contributed by atoms with E-state index in [1.807, 2.05) is 0 Å². The molecular formula is C6H9CoN3. The van der Waals surface area contributed by atoms with Gasteiger partial charge in [0.2, 0.25) is 0 Å². The van der Waals surface area contributed by atoms with Gasteiger partial charge in [0.1, 0.15) is 0 Å². The number of nitrogens with zero attached hydrogens (tertiary/aromatic N) is 3. The number of hydrogen-bond donors (Lipinski definition) is 0. The van der Waals surface area contributed by atoms with E-state index in [2.05, 4.69) is 0 Å². The zero-order chi connectivity index (χ0) is 8.12. The summed E-state index contributed by atoms with van der Waals surface area (Å²) in [5, 5.41) is 22.0. The Labute approximate surface area is 72.1 Å². The minimum absolute atomic E-state index is 0. The third kappa shape index (κ3) is 238. The summed E-state index contributed by atoms with van der Waals surface area (Å²) in [4.78, 5) is 0. The van der Waals surface area contributed by atoms with Crippen molar-refractivity contribution in [3.8, 4) is 18.2 Å². The van der Waals surface area contributed by atoms with Crippen LogP contribution < -0.4 is 0 Å². The Morgan fingerprint density at radius 2 is 0.700 bits per heavy atom. The fraction of sp³-hybridized carbons (Fsp3) is 0.500. The van der Waals surface area contributed by atoms with Gasteiger partial charge < -0.3 is 0 Å². The molecule has 3 nitrogen and oxygen atoms in total. The number of nitriles is 3. The molecule has 0 aromatic heterocycles. The van der Waals surface area contributed by atoms with Gasteiger partial charge in [0.25, 0.3) is 0 Å². The Morgan fingerprint density at radius 3 is 0.700 bits per heavy atom. The maximum absolute atomic E-state index is 7.32. The van der Waals surface area contributed by atoms with E-state index in [4.69, 9.17) is 15.8 Å². The molecule has 0 spiro atoms. The summed E-state index contributed by atoms with van der Waals surface area (Å²) in [5.74, 6) is 0. The van der Waals surface area contributed by atoms with Crippen molar-refractivity contribution in [3.05, 3.63) is 0 Å². The first-order valence-corrected chi connectivity index (χ1v) is 2.17. The van der Waals surface area contributed by atoms with E-state index in [9.17, 15) is 0 Å². The maximum atomic E-state index is 7.32. The first-order chi connectivity index (χ1) is 4.24. The standard InChI is InChI=1S/3C2H3N.Co/c3*1-2-3;/h3*1H3;. The Morgan fingerprint density at radius 1 is 0.700 bits per heavy atom. The molecule has 0 heterocycles. The van der Waals surface area contributed by atoms with Crippen LogP contribution in [0.25, 0.3) is 0 Å². The van der Waals surface area contributed by atoms with Gasteiger partial charge >= 0.3 is 0 Å². The van der Waals surface area contributed by atoms with Crippen molar-refractivity contribution in [1.29, 1.82) is 15.8 Å². The van der Waals surface area contributed by atoms with Gasteiger partial charge in [-0.3, -0.25) is 0 Å². The molecule has 0 aliphatic heterocycles. The minimum Gasteiger partial charge on any atom is -0.199 e. The first-order valence-electron chi connectivity index (χ1n) is 2.17. The summed E-state index contributed by atoms with van der Waals surface area (Å²) >= 11 is 0. The van der Waals surface area contributed by atoms with E-state index in [0.29, 0.717) is 0 Å². The molecule has 0 rings (SSSR count). The molecule has 57 valence electrons. The molecule has 0 saturated carbocycles. The largest absolute Gasteiger partial charge is 0.199 e. The van der Waals surface area contributed by atoms with Gasteiger partial charge in [-0.1, -0.05) is 0 Å². The molecule has 0 amide bonds. The number of rotatable bonds is 0. The van der Waals surface area contributed by atoms with Crippen LogP contribution in [0.2, 0.25) is 0 Å². The predicted molar refractivity (Wildman–Crippen MR) is 33.9 cm³/mol. The molecule has 0 fully saturated rings. The molecule has 0 aromatic carbocycles. The van der Waals surface area contributed by atoms with Crippen molar-refractivity contribution < 1.29 is 16.8 Å². The molecule has 0 N–H and O–H groups in total. The molecule has 0 unspecified atom stereocenters. The SMILES string of the molecule is CC#N.CC#N.CC#N.[Co]. The predicted octanol–water partition coefficient (Wildman–Crippen LogP) is 1.59. The normalized spacial score (nSPS) is 2.40. The molecule has 0 aromatic rings. The van der Waals surface area contributed by atoms with E-state index in [-0.39, 0.29) is 16.8 Å². The van der Waals surface area contributed by atoms with Crippen LogP contribution in [0, 0.1) is 34.0 Å². The van der Waals surface area contributed by atoms with E-state index in [1.165, 1.54) is 20.8 Å². The molecule has 4 heteroatoms. The van der Waals surface area contributed by atoms with Gasteiger partial charge in [-0.15, -0.1) is 0 Å². The first kappa shape index (κ1) is 23.1. The fourth-order valence-corrected chi connectivity index (χ4v) is 0. The van der Waals surface area contributed by atoms with E-state index in [0.717, 1.165) is 0 Å². The molecular weight excluding hydrogens is 173 g/mol. The van der Waals surface area contributed by atoms with Crippen LogP contribution in [0.15, 0.2) is 0 Å². The average Bonchev–Trinajstić information content (AvgIpc) is 1.70. The third-order valence-electron chi connectivity index (χ3n) is 0. The van der Waals surface area contributed by atoms with Gasteiger partial charge in [-0.25, -0.2) is 0 Å². The van der Waals surface area contributed by atoms with Crippen LogP contribution in [-0.4, -0.2) is 0 Å². The van der Waals surface area contributed by atoms with Crippen molar-refractivity contribution >= 4 is 0 Å². The van der Waals surface area contributed by atoms with Crippen LogP contribution in [0.1, 0.15) is 20.8 Å². The summed E-state index contributed by atoms with van der Waals surface area (Å²) in [5.41, 5.74) is 0. The average molecular weight is 182 g/mol. The van der Waals surface area contributed by atoms with Gasteiger partial charge in [-0.05, 0) is 0 Å². The third-order valence-corrected chi connectivity index (χ3v) is 0. The van der Waals surface area contributed by atoms with Crippen molar-refractivity contribution in [2.45, 2.75) is 20.8 Å². The van der Waals surface area contributed by atoms with E-state index in [1.54, 1.807) is 18.2 Å². The van der Waals surface area contributed by atoms with Crippen molar-refractivity contribution in [2.75, 3.05) is 0 Å².